The molecule has 4 nitrogen and oxygen atoms in total. The molecule has 0 aliphatic carbocycles. The molecular weight excluding hydrogens is 230 g/mol. The van der Waals surface area contributed by atoms with Crippen molar-refractivity contribution in [3.8, 4) is 0 Å². The molecule has 0 aromatic carbocycles. The van der Waals surface area contributed by atoms with Crippen molar-refractivity contribution >= 4 is 5.97 Å². The monoisotopic (exact) mass is 257 g/mol. The summed E-state index contributed by atoms with van der Waals surface area (Å²) in [5.41, 5.74) is 2.67. The van der Waals surface area contributed by atoms with Crippen LogP contribution in [-0.4, -0.2) is 23.7 Å². The first kappa shape index (κ1) is 17.1. The van der Waals surface area contributed by atoms with Crippen LogP contribution in [0, 0.1) is 5.41 Å². The maximum absolute atomic E-state index is 11.0. The second-order valence-corrected chi connectivity index (χ2v) is 5.78. The van der Waals surface area contributed by atoms with E-state index in [0.29, 0.717) is 13.0 Å². The summed E-state index contributed by atoms with van der Waals surface area (Å²) in [4.78, 5) is 16.3. The quantitative estimate of drug-likeness (QED) is 0.358. The predicted octanol–water partition coefficient (Wildman–Crippen LogP) is 3.14. The molecule has 0 fully saturated rings. The van der Waals surface area contributed by atoms with Gasteiger partial charge in [0.1, 0.15) is 6.04 Å². The molecule has 0 aliphatic heterocycles. The Labute approximate surface area is 110 Å². The Morgan fingerprint density at radius 1 is 1.39 bits per heavy atom. The minimum absolute atomic E-state index is 0.0278. The summed E-state index contributed by atoms with van der Waals surface area (Å²) in [6.45, 7) is 10.3. The third kappa shape index (κ3) is 10.3. The normalized spacial score (nSPS) is 13.3. The van der Waals surface area contributed by atoms with Gasteiger partial charge in [0.25, 0.3) is 0 Å². The van der Waals surface area contributed by atoms with Gasteiger partial charge in [-0.2, -0.15) is 5.48 Å². The molecule has 0 aromatic heterocycles. The predicted molar refractivity (Wildman–Crippen MR) is 73.2 cm³/mol. The van der Waals surface area contributed by atoms with Gasteiger partial charge in [-0.1, -0.05) is 39.7 Å². The van der Waals surface area contributed by atoms with E-state index < -0.39 is 12.0 Å². The third-order valence-electron chi connectivity index (χ3n) is 2.43. The lowest BCUT2D eigenvalue weighted by atomic mass is 9.99. The zero-order chi connectivity index (χ0) is 14.0. The van der Waals surface area contributed by atoms with E-state index in [-0.39, 0.29) is 5.41 Å². The zero-order valence-corrected chi connectivity index (χ0v) is 11.9. The Kier molecular flexibility index (Phi) is 8.67. The van der Waals surface area contributed by atoms with Gasteiger partial charge >= 0.3 is 5.97 Å². The van der Waals surface area contributed by atoms with Gasteiger partial charge in [0.05, 0.1) is 6.61 Å². The van der Waals surface area contributed by atoms with Gasteiger partial charge in [0.2, 0.25) is 0 Å². The highest BCUT2D eigenvalue weighted by atomic mass is 16.6. The van der Waals surface area contributed by atoms with Gasteiger partial charge in [-0.25, -0.2) is 0 Å². The smallest absolute Gasteiger partial charge is 0.323 e. The number of carboxylic acids is 1. The SMILES string of the molecule is C=CCCCCC[C@H](NOCC(C)(C)C)C(=O)O. The second kappa shape index (κ2) is 9.11. The molecule has 0 unspecified atom stereocenters. The molecule has 0 radical (unpaired) electrons. The van der Waals surface area contributed by atoms with E-state index in [1.54, 1.807) is 0 Å². The average molecular weight is 257 g/mol. The van der Waals surface area contributed by atoms with Crippen LogP contribution in [-0.2, 0) is 9.63 Å². The highest BCUT2D eigenvalue weighted by Gasteiger charge is 2.18. The van der Waals surface area contributed by atoms with Crippen molar-refractivity contribution in [2.45, 2.75) is 58.9 Å². The molecule has 0 aromatic rings. The number of aliphatic carboxylic acids is 1. The molecule has 0 spiro atoms. The minimum Gasteiger partial charge on any atom is -0.480 e. The summed E-state index contributed by atoms with van der Waals surface area (Å²) in [6.07, 6.45) is 6.45. The lowest BCUT2D eigenvalue weighted by Gasteiger charge is -2.20. The van der Waals surface area contributed by atoms with E-state index in [4.69, 9.17) is 9.94 Å². The van der Waals surface area contributed by atoms with Crippen LogP contribution in [0.5, 0.6) is 0 Å². The fourth-order valence-electron chi connectivity index (χ4n) is 1.41. The number of nitrogens with one attached hydrogen (secondary N) is 1. The molecule has 0 saturated carbocycles. The molecule has 1 atom stereocenters. The number of rotatable bonds is 10. The molecule has 2 N–H and O–H groups in total. The van der Waals surface area contributed by atoms with Crippen molar-refractivity contribution in [2.75, 3.05) is 6.61 Å². The van der Waals surface area contributed by atoms with E-state index in [0.717, 1.165) is 25.7 Å². The Bertz CT molecular complexity index is 246. The van der Waals surface area contributed by atoms with E-state index in [1.807, 2.05) is 26.8 Å². The standard InChI is InChI=1S/C14H27NO3/c1-5-6-7-8-9-10-12(13(16)17)15-18-11-14(2,3)4/h5,12,15H,1,6-11H2,2-4H3,(H,16,17)/t12-/m0/s1. The molecule has 0 amide bonds. The molecule has 0 rings (SSSR count). The van der Waals surface area contributed by atoms with Crippen molar-refractivity contribution in [2.24, 2.45) is 5.41 Å². The van der Waals surface area contributed by atoms with E-state index in [1.165, 1.54) is 0 Å². The molecule has 0 bridgehead atoms. The van der Waals surface area contributed by atoms with Gasteiger partial charge in [0, 0.05) is 0 Å². The Balaban J connectivity index is 3.79. The highest BCUT2D eigenvalue weighted by Crippen LogP contribution is 2.12. The summed E-state index contributed by atoms with van der Waals surface area (Å²) < 4.78 is 0. The molecular formula is C14H27NO3. The fourth-order valence-corrected chi connectivity index (χ4v) is 1.41. The van der Waals surface area contributed by atoms with Crippen LogP contribution >= 0.6 is 0 Å². The summed E-state index contributed by atoms with van der Waals surface area (Å²) in [5.74, 6) is -0.854. The molecule has 4 heteroatoms. The number of hydrogen-bond acceptors (Lipinski definition) is 3. The number of hydroxylamine groups is 1. The maximum atomic E-state index is 11.0. The van der Waals surface area contributed by atoms with Crippen molar-refractivity contribution < 1.29 is 14.7 Å². The van der Waals surface area contributed by atoms with Gasteiger partial charge in [-0.3, -0.25) is 4.79 Å². The van der Waals surface area contributed by atoms with Gasteiger partial charge in [0.15, 0.2) is 0 Å². The van der Waals surface area contributed by atoms with Crippen molar-refractivity contribution in [1.82, 2.24) is 5.48 Å². The first-order valence-electron chi connectivity index (χ1n) is 6.58. The summed E-state index contributed by atoms with van der Waals surface area (Å²) >= 11 is 0. The molecule has 0 aliphatic rings. The first-order valence-corrected chi connectivity index (χ1v) is 6.58. The number of unbranched alkanes of at least 4 members (excludes halogenated alkanes) is 3. The van der Waals surface area contributed by atoms with Crippen LogP contribution in [0.3, 0.4) is 0 Å². The number of hydrogen-bond donors (Lipinski definition) is 2. The topological polar surface area (TPSA) is 58.6 Å². The number of allylic oxidation sites excluding steroid dienone is 1. The minimum atomic E-state index is -0.854. The van der Waals surface area contributed by atoms with Crippen LogP contribution < -0.4 is 5.48 Å². The van der Waals surface area contributed by atoms with Crippen LogP contribution in [0.4, 0.5) is 0 Å². The summed E-state index contributed by atoms with van der Waals surface area (Å²) in [7, 11) is 0. The van der Waals surface area contributed by atoms with Gasteiger partial charge in [-0.05, 0) is 24.7 Å². The average Bonchev–Trinajstić information content (AvgIpc) is 2.24. The molecule has 18 heavy (non-hydrogen) atoms. The molecule has 0 saturated heterocycles. The fraction of sp³-hybridized carbons (Fsp3) is 0.786. The van der Waals surface area contributed by atoms with Crippen LogP contribution in [0.2, 0.25) is 0 Å². The van der Waals surface area contributed by atoms with Crippen LogP contribution in [0.25, 0.3) is 0 Å². The van der Waals surface area contributed by atoms with Gasteiger partial charge in [-0.15, -0.1) is 6.58 Å². The van der Waals surface area contributed by atoms with Crippen molar-refractivity contribution in [3.05, 3.63) is 12.7 Å². The van der Waals surface area contributed by atoms with Crippen molar-refractivity contribution in [1.29, 1.82) is 0 Å². The van der Waals surface area contributed by atoms with Crippen LogP contribution in [0.15, 0.2) is 12.7 Å². The third-order valence-corrected chi connectivity index (χ3v) is 2.43. The first-order chi connectivity index (χ1) is 8.37. The van der Waals surface area contributed by atoms with E-state index >= 15 is 0 Å². The highest BCUT2D eigenvalue weighted by molar-refractivity contribution is 5.73. The number of carbonyl (C=O) groups is 1. The maximum Gasteiger partial charge on any atom is 0.323 e. The second-order valence-electron chi connectivity index (χ2n) is 5.78. The lowest BCUT2D eigenvalue weighted by Crippen LogP contribution is -2.38. The van der Waals surface area contributed by atoms with E-state index in [9.17, 15) is 4.79 Å². The van der Waals surface area contributed by atoms with Crippen molar-refractivity contribution in [3.63, 3.8) is 0 Å². The summed E-state index contributed by atoms with van der Waals surface area (Å²) in [6, 6.07) is -0.615. The lowest BCUT2D eigenvalue weighted by molar-refractivity contribution is -0.145. The Morgan fingerprint density at radius 2 is 2.06 bits per heavy atom. The Morgan fingerprint density at radius 3 is 2.56 bits per heavy atom. The summed E-state index contributed by atoms with van der Waals surface area (Å²) in [5, 5.41) is 9.05. The number of carboxylic acid groups (broad SMARTS) is 1. The molecule has 106 valence electrons. The zero-order valence-electron chi connectivity index (χ0n) is 11.9. The van der Waals surface area contributed by atoms with E-state index in [2.05, 4.69) is 12.1 Å². The Hall–Kier alpha value is -0.870. The van der Waals surface area contributed by atoms with Crippen LogP contribution in [0.1, 0.15) is 52.9 Å². The largest absolute Gasteiger partial charge is 0.480 e. The molecule has 0 heterocycles. The van der Waals surface area contributed by atoms with Gasteiger partial charge < -0.3 is 9.94 Å².